The second-order valence-corrected chi connectivity index (χ2v) is 7.58. The lowest BCUT2D eigenvalue weighted by Gasteiger charge is -2.53. The monoisotopic (exact) mass is 443 g/mol. The molecule has 2 aliphatic carbocycles. The molecule has 2 saturated carbocycles. The number of halogens is 9. The van der Waals surface area contributed by atoms with Crippen LogP contribution in [0.5, 0.6) is 0 Å². The Hall–Kier alpha value is -1.40. The Bertz CT molecular complexity index is 643. The average Bonchev–Trinajstić information content (AvgIpc) is 2.57. The zero-order chi connectivity index (χ0) is 22.5. The fourth-order valence-electron chi connectivity index (χ4n) is 4.98. The number of hydrogen-bond donors (Lipinski definition) is 2. The van der Waals surface area contributed by atoms with Crippen LogP contribution in [0.1, 0.15) is 38.5 Å². The van der Waals surface area contributed by atoms with E-state index >= 15 is 0 Å². The first-order chi connectivity index (χ1) is 13.0. The Labute approximate surface area is 158 Å². The summed E-state index contributed by atoms with van der Waals surface area (Å²) in [5, 5.41) is 22.3. The molecule has 14 heteroatoms. The number of rotatable bonds is 3. The van der Waals surface area contributed by atoms with Crippen LogP contribution in [-0.4, -0.2) is 40.1 Å². The number of aliphatic hydroxyl groups is 2. The summed E-state index contributed by atoms with van der Waals surface area (Å²) >= 11 is 0. The summed E-state index contributed by atoms with van der Waals surface area (Å²) in [5.74, 6) is -7.41. The van der Waals surface area contributed by atoms with E-state index in [0.717, 1.165) is 0 Å². The van der Waals surface area contributed by atoms with Gasteiger partial charge in [0, 0.05) is 16.7 Å². The zero-order valence-electron chi connectivity index (χ0n) is 14.7. The van der Waals surface area contributed by atoms with Crippen molar-refractivity contribution >= 4 is 0 Å². The van der Waals surface area contributed by atoms with Crippen LogP contribution in [0.2, 0.25) is 0 Å². The van der Waals surface area contributed by atoms with Gasteiger partial charge in [0.2, 0.25) is 5.72 Å². The molecule has 0 aliphatic heterocycles. The first-order valence-corrected chi connectivity index (χ1v) is 8.73. The van der Waals surface area contributed by atoms with Crippen molar-refractivity contribution in [2.75, 3.05) is 0 Å². The normalized spacial score (nSPS) is 31.4. The van der Waals surface area contributed by atoms with Crippen LogP contribution in [0.25, 0.3) is 10.4 Å². The summed E-state index contributed by atoms with van der Waals surface area (Å²) in [5.41, 5.74) is -0.621. The summed E-state index contributed by atoms with van der Waals surface area (Å²) in [7, 11) is 0. The average molecular weight is 443 g/mol. The van der Waals surface area contributed by atoms with E-state index in [2.05, 4.69) is 5.11 Å². The SMILES string of the molecule is [N-]=[N+]=NC(O)(C1CCC(C(O)(C(F)(F)F)C(F)(F)F)C2CCCCC21)C(F)(F)F. The third-order valence-corrected chi connectivity index (χ3v) is 6.23. The van der Waals surface area contributed by atoms with Crippen molar-refractivity contribution in [3.05, 3.63) is 10.4 Å². The Morgan fingerprint density at radius 1 is 0.690 bits per heavy atom. The molecule has 0 aromatic rings. The predicted octanol–water partition coefficient (Wildman–Crippen LogP) is 5.24. The van der Waals surface area contributed by atoms with Gasteiger partial charge in [-0.2, -0.15) is 39.5 Å². The van der Waals surface area contributed by atoms with Crippen LogP contribution in [0, 0.1) is 23.7 Å². The molecule has 0 amide bonds. The summed E-state index contributed by atoms with van der Waals surface area (Å²) < 4.78 is 120. The molecule has 2 fully saturated rings. The highest BCUT2D eigenvalue weighted by Gasteiger charge is 2.76. The molecule has 0 spiro atoms. The quantitative estimate of drug-likeness (QED) is 0.271. The van der Waals surface area contributed by atoms with Crippen LogP contribution < -0.4 is 0 Å². The van der Waals surface area contributed by atoms with E-state index in [1.807, 2.05) is 4.91 Å². The van der Waals surface area contributed by atoms with Crippen molar-refractivity contribution in [3.8, 4) is 0 Å². The maximum absolute atomic E-state index is 13.4. The molecule has 2 N–H and O–H groups in total. The molecular formula is C15H18F9N3O2. The lowest BCUT2D eigenvalue weighted by atomic mass is 9.55. The molecule has 2 rings (SSSR count). The molecule has 0 radical (unpaired) electrons. The highest BCUT2D eigenvalue weighted by atomic mass is 19.4. The second-order valence-electron chi connectivity index (χ2n) is 7.58. The van der Waals surface area contributed by atoms with Gasteiger partial charge < -0.3 is 10.2 Å². The number of azide groups is 1. The molecule has 5 atom stereocenters. The Morgan fingerprint density at radius 3 is 1.48 bits per heavy atom. The number of fused-ring (bicyclic) bond motifs is 1. The maximum Gasteiger partial charge on any atom is 0.426 e. The molecular weight excluding hydrogens is 425 g/mol. The minimum atomic E-state index is -6.10. The lowest BCUT2D eigenvalue weighted by Crippen LogP contribution is -2.66. The topological polar surface area (TPSA) is 89.2 Å². The fourth-order valence-corrected chi connectivity index (χ4v) is 4.98. The lowest BCUT2D eigenvalue weighted by molar-refractivity contribution is -0.396. The molecule has 0 aromatic heterocycles. The van der Waals surface area contributed by atoms with Crippen molar-refractivity contribution in [3.63, 3.8) is 0 Å². The smallest absolute Gasteiger partial charge is 0.376 e. The minimum absolute atomic E-state index is 0.155. The van der Waals surface area contributed by atoms with Gasteiger partial charge in [0.05, 0.1) is 0 Å². The molecule has 168 valence electrons. The van der Waals surface area contributed by atoms with Gasteiger partial charge in [0.25, 0.3) is 5.60 Å². The van der Waals surface area contributed by atoms with Gasteiger partial charge >= 0.3 is 18.5 Å². The Balaban J connectivity index is 2.55. The van der Waals surface area contributed by atoms with Gasteiger partial charge in [-0.25, -0.2) is 0 Å². The van der Waals surface area contributed by atoms with Gasteiger partial charge in [-0.3, -0.25) is 0 Å². The highest BCUT2D eigenvalue weighted by Crippen LogP contribution is 2.60. The Morgan fingerprint density at radius 2 is 1.10 bits per heavy atom. The largest absolute Gasteiger partial charge is 0.426 e. The van der Waals surface area contributed by atoms with E-state index in [1.54, 1.807) is 0 Å². The zero-order valence-corrected chi connectivity index (χ0v) is 14.7. The number of hydrogen-bond acceptors (Lipinski definition) is 3. The standard InChI is InChI=1S/C15H18F9N3O2/c16-13(17,18)11(28,14(19,20)21)9-5-6-10(8-4-2-1-3-7(8)9)12(29,26-27-25)15(22,23)24/h7-10,28-29H,1-6H2. The highest BCUT2D eigenvalue weighted by molar-refractivity contribution is 5.08. The van der Waals surface area contributed by atoms with E-state index < -0.39 is 66.4 Å². The Kier molecular flexibility index (Phi) is 6.08. The van der Waals surface area contributed by atoms with Crippen molar-refractivity contribution in [2.24, 2.45) is 28.8 Å². The molecule has 0 aromatic carbocycles. The summed E-state index contributed by atoms with van der Waals surface area (Å²) in [4.78, 5) is 1.98. The fraction of sp³-hybridized carbons (Fsp3) is 1.00. The van der Waals surface area contributed by atoms with Crippen LogP contribution in [-0.2, 0) is 0 Å². The van der Waals surface area contributed by atoms with Crippen molar-refractivity contribution in [1.29, 1.82) is 0 Å². The number of nitrogens with zero attached hydrogens (tertiary/aromatic N) is 3. The van der Waals surface area contributed by atoms with Gasteiger partial charge in [0.1, 0.15) is 0 Å². The van der Waals surface area contributed by atoms with E-state index in [4.69, 9.17) is 5.53 Å². The van der Waals surface area contributed by atoms with Gasteiger partial charge in [-0.05, 0) is 48.2 Å². The molecule has 2 aliphatic rings. The first-order valence-electron chi connectivity index (χ1n) is 8.73. The third kappa shape index (κ3) is 3.74. The van der Waals surface area contributed by atoms with Crippen LogP contribution in [0.3, 0.4) is 0 Å². The first kappa shape index (κ1) is 23.9. The van der Waals surface area contributed by atoms with Gasteiger partial charge in [-0.1, -0.05) is 12.8 Å². The van der Waals surface area contributed by atoms with Crippen LogP contribution in [0.4, 0.5) is 39.5 Å². The molecule has 0 saturated heterocycles. The molecule has 29 heavy (non-hydrogen) atoms. The third-order valence-electron chi connectivity index (χ3n) is 6.23. The van der Waals surface area contributed by atoms with E-state index in [0.29, 0.717) is 0 Å². The van der Waals surface area contributed by atoms with Crippen molar-refractivity contribution < 1.29 is 49.7 Å². The summed E-state index contributed by atoms with van der Waals surface area (Å²) in [6.45, 7) is 0. The molecule has 5 nitrogen and oxygen atoms in total. The van der Waals surface area contributed by atoms with Crippen molar-refractivity contribution in [1.82, 2.24) is 0 Å². The predicted molar refractivity (Wildman–Crippen MR) is 78.9 cm³/mol. The van der Waals surface area contributed by atoms with Gasteiger partial charge in [-0.15, -0.1) is 0 Å². The summed E-state index contributed by atoms with van der Waals surface area (Å²) in [6, 6.07) is 0. The van der Waals surface area contributed by atoms with E-state index in [9.17, 15) is 49.7 Å². The van der Waals surface area contributed by atoms with Gasteiger partial charge in [0.15, 0.2) is 0 Å². The maximum atomic E-state index is 13.4. The molecule has 0 bridgehead atoms. The number of alkyl halides is 9. The van der Waals surface area contributed by atoms with E-state index in [1.165, 1.54) is 0 Å². The van der Waals surface area contributed by atoms with E-state index in [-0.39, 0.29) is 25.7 Å². The van der Waals surface area contributed by atoms with Crippen LogP contribution in [0.15, 0.2) is 5.11 Å². The second kappa shape index (κ2) is 7.38. The van der Waals surface area contributed by atoms with Crippen molar-refractivity contribution in [2.45, 2.75) is 68.4 Å². The minimum Gasteiger partial charge on any atom is -0.376 e. The van der Waals surface area contributed by atoms with Crippen LogP contribution >= 0.6 is 0 Å². The molecule has 0 heterocycles. The summed E-state index contributed by atoms with van der Waals surface area (Å²) in [6.07, 6.45) is -19.8. The molecule has 5 unspecified atom stereocenters.